The number of carbonyl (C=O) groups excluding carboxylic acids is 2. The first kappa shape index (κ1) is 21.6. The summed E-state index contributed by atoms with van der Waals surface area (Å²) in [6.07, 6.45) is 2.97. The predicted molar refractivity (Wildman–Crippen MR) is 113 cm³/mol. The highest BCUT2D eigenvalue weighted by molar-refractivity contribution is 5.78. The molecule has 0 saturated carbocycles. The van der Waals surface area contributed by atoms with E-state index in [4.69, 9.17) is 9.47 Å². The molecule has 1 aromatic carbocycles. The molecule has 0 bridgehead atoms. The van der Waals surface area contributed by atoms with Gasteiger partial charge in [0.25, 0.3) is 5.56 Å². The molecule has 0 unspecified atom stereocenters. The summed E-state index contributed by atoms with van der Waals surface area (Å²) in [6, 6.07) is 10.6. The molecule has 1 amide bonds. The highest BCUT2D eigenvalue weighted by Crippen LogP contribution is 2.19. The Hall–Kier alpha value is -3.09. The van der Waals surface area contributed by atoms with E-state index < -0.39 is 0 Å². The molecule has 0 atom stereocenters. The zero-order valence-corrected chi connectivity index (χ0v) is 17.7. The van der Waals surface area contributed by atoms with E-state index in [-0.39, 0.29) is 29.6 Å². The van der Waals surface area contributed by atoms with Crippen LogP contribution < -0.4 is 10.3 Å². The van der Waals surface area contributed by atoms with Crippen molar-refractivity contribution in [2.24, 2.45) is 0 Å². The molecule has 1 fully saturated rings. The van der Waals surface area contributed by atoms with E-state index in [1.807, 2.05) is 38.1 Å². The second-order valence-electron chi connectivity index (χ2n) is 7.85. The molecule has 0 radical (unpaired) electrons. The maximum absolute atomic E-state index is 12.5. The number of rotatable bonds is 6. The maximum Gasteiger partial charge on any atom is 0.410 e. The second-order valence-corrected chi connectivity index (χ2v) is 7.85. The van der Waals surface area contributed by atoms with Crippen LogP contribution in [0.1, 0.15) is 39.2 Å². The summed E-state index contributed by atoms with van der Waals surface area (Å²) >= 11 is 0. The Morgan fingerprint density at radius 1 is 1.10 bits per heavy atom. The number of piperidine rings is 1. The van der Waals surface area contributed by atoms with Gasteiger partial charge in [-0.05, 0) is 44.5 Å². The Kier molecular flexibility index (Phi) is 6.92. The zero-order valence-electron chi connectivity index (χ0n) is 17.7. The number of ketones is 1. The quantitative estimate of drug-likeness (QED) is 0.727. The van der Waals surface area contributed by atoms with Crippen LogP contribution in [0.15, 0.2) is 47.4 Å². The molecule has 0 spiro atoms. The summed E-state index contributed by atoms with van der Waals surface area (Å²) in [5.41, 5.74) is 1.46. The van der Waals surface area contributed by atoms with Gasteiger partial charge in [-0.2, -0.15) is 0 Å². The normalized spacial score (nSPS) is 14.6. The number of hydrogen-bond acceptors (Lipinski definition) is 5. The smallest absolute Gasteiger partial charge is 0.410 e. The van der Waals surface area contributed by atoms with E-state index in [0.29, 0.717) is 38.1 Å². The summed E-state index contributed by atoms with van der Waals surface area (Å²) in [5.74, 6) is 0.622. The van der Waals surface area contributed by atoms with Gasteiger partial charge in [0, 0.05) is 50.3 Å². The van der Waals surface area contributed by atoms with E-state index in [2.05, 4.69) is 0 Å². The molecule has 160 valence electrons. The van der Waals surface area contributed by atoms with Gasteiger partial charge in [0.2, 0.25) is 0 Å². The first-order valence-corrected chi connectivity index (χ1v) is 10.3. The molecule has 7 heteroatoms. The van der Waals surface area contributed by atoms with E-state index in [1.54, 1.807) is 24.1 Å². The van der Waals surface area contributed by atoms with Gasteiger partial charge >= 0.3 is 6.09 Å². The lowest BCUT2D eigenvalue weighted by Crippen LogP contribution is -2.42. The summed E-state index contributed by atoms with van der Waals surface area (Å²) < 4.78 is 12.7. The van der Waals surface area contributed by atoms with Gasteiger partial charge in [-0.3, -0.25) is 14.2 Å². The third-order valence-electron chi connectivity index (χ3n) is 4.90. The van der Waals surface area contributed by atoms with Crippen LogP contribution in [0.3, 0.4) is 0 Å². The Morgan fingerprint density at radius 3 is 2.33 bits per heavy atom. The van der Waals surface area contributed by atoms with Gasteiger partial charge in [-0.15, -0.1) is 0 Å². The number of nitrogens with zero attached hydrogens (tertiary/aromatic N) is 2. The first-order valence-electron chi connectivity index (χ1n) is 10.3. The van der Waals surface area contributed by atoms with Gasteiger partial charge in [0.05, 0.1) is 6.10 Å². The molecule has 30 heavy (non-hydrogen) atoms. The lowest BCUT2D eigenvalue weighted by Gasteiger charge is -2.32. The van der Waals surface area contributed by atoms with Crippen LogP contribution in [0.2, 0.25) is 0 Å². The topological polar surface area (TPSA) is 77.8 Å². The zero-order chi connectivity index (χ0) is 21.7. The van der Waals surface area contributed by atoms with Crippen molar-refractivity contribution in [2.75, 3.05) is 13.1 Å². The minimum atomic E-state index is -0.291. The van der Waals surface area contributed by atoms with Crippen molar-refractivity contribution in [3.05, 3.63) is 58.5 Å². The number of pyridine rings is 1. The van der Waals surface area contributed by atoms with Crippen LogP contribution in [-0.2, 0) is 16.0 Å². The first-order chi connectivity index (χ1) is 14.3. The average Bonchev–Trinajstić information content (AvgIpc) is 2.68. The minimum absolute atomic E-state index is 0.0470. The molecule has 0 N–H and O–H groups in total. The molecule has 1 aliphatic rings. The summed E-state index contributed by atoms with van der Waals surface area (Å²) in [4.78, 5) is 37.4. The molecule has 0 aliphatic carbocycles. The van der Waals surface area contributed by atoms with Gasteiger partial charge < -0.3 is 14.4 Å². The molecule has 7 nitrogen and oxygen atoms in total. The van der Waals surface area contributed by atoms with E-state index in [1.165, 1.54) is 10.6 Å². The van der Waals surface area contributed by atoms with Crippen LogP contribution in [0.5, 0.6) is 5.75 Å². The van der Waals surface area contributed by atoms with Crippen molar-refractivity contribution in [1.29, 1.82) is 0 Å². The fourth-order valence-corrected chi connectivity index (χ4v) is 3.43. The Bertz CT molecular complexity index is 941. The highest BCUT2D eigenvalue weighted by Gasteiger charge is 2.25. The van der Waals surface area contributed by atoms with Crippen molar-refractivity contribution in [2.45, 2.75) is 52.2 Å². The molecular weight excluding hydrogens is 384 g/mol. The van der Waals surface area contributed by atoms with Gasteiger partial charge in [-0.1, -0.05) is 12.1 Å². The van der Waals surface area contributed by atoms with Gasteiger partial charge in [-0.25, -0.2) is 4.79 Å². The Morgan fingerprint density at radius 2 is 1.77 bits per heavy atom. The van der Waals surface area contributed by atoms with Crippen molar-refractivity contribution < 1.29 is 19.1 Å². The fraction of sp³-hybridized carbons (Fsp3) is 0.435. The van der Waals surface area contributed by atoms with Crippen molar-refractivity contribution in [1.82, 2.24) is 9.47 Å². The Labute approximate surface area is 176 Å². The van der Waals surface area contributed by atoms with Gasteiger partial charge in [0.15, 0.2) is 0 Å². The SMILES string of the molecule is CC(=O)Cc1ccc(-n2ccc(OC3CCN(C(=O)OC(C)C)CC3)cc2=O)cc1. The van der Waals surface area contributed by atoms with Gasteiger partial charge in [0.1, 0.15) is 17.6 Å². The van der Waals surface area contributed by atoms with Crippen molar-refractivity contribution in [3.8, 4) is 11.4 Å². The number of ether oxygens (including phenoxy) is 2. The lowest BCUT2D eigenvalue weighted by molar-refractivity contribution is -0.116. The van der Waals surface area contributed by atoms with Crippen LogP contribution in [0, 0.1) is 0 Å². The summed E-state index contributed by atoms with van der Waals surface area (Å²) in [7, 11) is 0. The number of benzene rings is 1. The molecule has 2 aromatic rings. The van der Waals surface area contributed by atoms with Crippen LogP contribution in [0.25, 0.3) is 5.69 Å². The highest BCUT2D eigenvalue weighted by atomic mass is 16.6. The molecule has 1 aromatic heterocycles. The predicted octanol–water partition coefficient (Wildman–Crippen LogP) is 3.36. The van der Waals surface area contributed by atoms with Crippen LogP contribution in [-0.4, -0.2) is 46.6 Å². The largest absolute Gasteiger partial charge is 0.490 e. The average molecular weight is 412 g/mol. The third-order valence-corrected chi connectivity index (χ3v) is 4.90. The Balaban J connectivity index is 1.59. The number of likely N-dealkylation sites (tertiary alicyclic amines) is 1. The van der Waals surface area contributed by atoms with Crippen molar-refractivity contribution in [3.63, 3.8) is 0 Å². The number of Topliss-reactive ketones (excluding diaryl/α,β-unsaturated/α-hetero) is 1. The molecule has 1 saturated heterocycles. The van der Waals surface area contributed by atoms with E-state index >= 15 is 0 Å². The molecular formula is C23H28N2O5. The van der Waals surface area contributed by atoms with Crippen LogP contribution in [0.4, 0.5) is 4.79 Å². The summed E-state index contributed by atoms with van der Waals surface area (Å²) in [6.45, 7) is 6.35. The third kappa shape index (κ3) is 5.72. The minimum Gasteiger partial charge on any atom is -0.490 e. The fourth-order valence-electron chi connectivity index (χ4n) is 3.43. The van der Waals surface area contributed by atoms with Crippen LogP contribution >= 0.6 is 0 Å². The number of hydrogen-bond donors (Lipinski definition) is 0. The monoisotopic (exact) mass is 412 g/mol. The summed E-state index contributed by atoms with van der Waals surface area (Å²) in [5, 5.41) is 0. The van der Waals surface area contributed by atoms with Crippen molar-refractivity contribution >= 4 is 11.9 Å². The molecule has 1 aliphatic heterocycles. The lowest BCUT2D eigenvalue weighted by atomic mass is 10.1. The van der Waals surface area contributed by atoms with E-state index in [0.717, 1.165) is 11.3 Å². The molecule has 3 rings (SSSR count). The second kappa shape index (κ2) is 9.61. The molecule has 2 heterocycles. The number of aromatic nitrogens is 1. The standard InChI is InChI=1S/C23H28N2O5/c1-16(2)29-23(28)24-11-8-20(9-12-24)30-21-10-13-25(22(27)15-21)19-6-4-18(5-7-19)14-17(3)26/h4-7,10,13,15-16,20H,8-9,11-12,14H2,1-3H3. The number of amides is 1. The number of carbonyl (C=O) groups is 2. The van der Waals surface area contributed by atoms with E-state index in [9.17, 15) is 14.4 Å². The maximum atomic E-state index is 12.5.